The monoisotopic (exact) mass is 326 g/mol. The van der Waals surface area contributed by atoms with Crippen molar-refractivity contribution in [2.75, 3.05) is 0 Å². The van der Waals surface area contributed by atoms with Crippen LogP contribution in [-0.4, -0.2) is 41.9 Å². The van der Waals surface area contributed by atoms with Gasteiger partial charge in [-0.2, -0.15) is 10.1 Å². The molecular weight excluding hydrogens is 312 g/mol. The van der Waals surface area contributed by atoms with E-state index >= 15 is 0 Å². The minimum atomic E-state index is -0.586. The molecule has 0 saturated heterocycles. The first-order chi connectivity index (χ1) is 11.4. The lowest BCUT2D eigenvalue weighted by molar-refractivity contribution is 0.0945. The van der Waals surface area contributed by atoms with Crippen LogP contribution in [0.25, 0.3) is 5.78 Å². The van der Waals surface area contributed by atoms with Crippen LogP contribution in [0.15, 0.2) is 29.4 Å². The molecule has 9 nitrogen and oxygen atoms in total. The number of fused-ring (bicyclic) bond motifs is 1. The zero-order valence-corrected chi connectivity index (χ0v) is 12.9. The van der Waals surface area contributed by atoms with Crippen molar-refractivity contribution >= 4 is 17.9 Å². The molecule has 1 amide bonds. The number of aryl methyl sites for hydroxylation is 2. The molecule has 3 rings (SSSR count). The van der Waals surface area contributed by atoms with Crippen molar-refractivity contribution in [2.24, 2.45) is 5.10 Å². The van der Waals surface area contributed by atoms with Crippen LogP contribution in [0.3, 0.4) is 0 Å². The summed E-state index contributed by atoms with van der Waals surface area (Å²) in [5, 5.41) is 26.5. The largest absolute Gasteiger partial charge is 0.504 e. The maximum atomic E-state index is 12.0. The number of nitrogens with one attached hydrogen (secondary N) is 1. The van der Waals surface area contributed by atoms with Crippen LogP contribution < -0.4 is 5.43 Å². The van der Waals surface area contributed by atoms with Gasteiger partial charge in [-0.15, -0.1) is 5.10 Å². The van der Waals surface area contributed by atoms with Crippen molar-refractivity contribution in [3.05, 3.63) is 47.0 Å². The maximum Gasteiger partial charge on any atom is 0.311 e. The summed E-state index contributed by atoms with van der Waals surface area (Å²) in [6.45, 7) is 3.67. The van der Waals surface area contributed by atoms with Crippen LogP contribution in [-0.2, 0) is 0 Å². The van der Waals surface area contributed by atoms with Gasteiger partial charge in [-0.1, -0.05) is 0 Å². The SMILES string of the molecule is Cc1cc(C)n2nc(C(=O)N/N=C\c3ccc(O)c(O)c3)nc2n1. The normalized spacial score (nSPS) is 11.2. The molecule has 0 aliphatic heterocycles. The quantitative estimate of drug-likeness (QED) is 0.373. The molecule has 0 aliphatic rings. The maximum absolute atomic E-state index is 12.0. The Labute approximate surface area is 136 Å². The summed E-state index contributed by atoms with van der Waals surface area (Å²) in [7, 11) is 0. The van der Waals surface area contributed by atoms with Gasteiger partial charge in [-0.3, -0.25) is 4.79 Å². The molecule has 1 aromatic carbocycles. The minimum Gasteiger partial charge on any atom is -0.504 e. The van der Waals surface area contributed by atoms with E-state index in [-0.39, 0.29) is 17.3 Å². The standard InChI is InChI=1S/C15H14N6O3/c1-8-5-9(2)21-15(17-8)18-13(20-21)14(24)19-16-7-10-3-4-11(22)12(23)6-10/h3-7,22-23H,1-2H3,(H,19,24)/b16-7-. The van der Waals surface area contributed by atoms with Gasteiger partial charge in [0.25, 0.3) is 5.78 Å². The van der Waals surface area contributed by atoms with Gasteiger partial charge in [0.15, 0.2) is 11.5 Å². The minimum absolute atomic E-state index is 0.0538. The number of aromatic hydroxyl groups is 2. The van der Waals surface area contributed by atoms with Gasteiger partial charge in [0.05, 0.1) is 6.21 Å². The molecule has 24 heavy (non-hydrogen) atoms. The molecule has 3 N–H and O–H groups in total. The number of hydrogen-bond donors (Lipinski definition) is 3. The van der Waals surface area contributed by atoms with E-state index in [0.717, 1.165) is 11.4 Å². The van der Waals surface area contributed by atoms with Gasteiger partial charge < -0.3 is 10.2 Å². The lowest BCUT2D eigenvalue weighted by Crippen LogP contribution is -2.19. The first-order valence-corrected chi connectivity index (χ1v) is 7.00. The summed E-state index contributed by atoms with van der Waals surface area (Å²) >= 11 is 0. The summed E-state index contributed by atoms with van der Waals surface area (Å²) in [5.41, 5.74) is 4.39. The second-order valence-electron chi connectivity index (χ2n) is 5.13. The van der Waals surface area contributed by atoms with Gasteiger partial charge in [-0.05, 0) is 43.7 Å². The van der Waals surface area contributed by atoms with Crippen molar-refractivity contribution in [1.29, 1.82) is 0 Å². The fraction of sp³-hybridized carbons (Fsp3) is 0.133. The van der Waals surface area contributed by atoms with E-state index in [1.54, 1.807) is 0 Å². The summed E-state index contributed by atoms with van der Waals surface area (Å²) in [6.07, 6.45) is 1.32. The van der Waals surface area contributed by atoms with Crippen molar-refractivity contribution < 1.29 is 15.0 Å². The Kier molecular flexibility index (Phi) is 3.82. The van der Waals surface area contributed by atoms with Crippen LogP contribution in [0, 0.1) is 13.8 Å². The number of hydrogen-bond acceptors (Lipinski definition) is 7. The van der Waals surface area contributed by atoms with Gasteiger partial charge in [0, 0.05) is 11.4 Å². The van der Waals surface area contributed by atoms with Crippen LogP contribution in [0.4, 0.5) is 0 Å². The molecule has 0 fully saturated rings. The fourth-order valence-corrected chi connectivity index (χ4v) is 2.10. The Morgan fingerprint density at radius 3 is 2.75 bits per heavy atom. The molecule has 3 aromatic rings. The van der Waals surface area contributed by atoms with Crippen LogP contribution >= 0.6 is 0 Å². The zero-order chi connectivity index (χ0) is 17.3. The molecular formula is C15H14N6O3. The number of nitrogens with zero attached hydrogens (tertiary/aromatic N) is 5. The van der Waals surface area contributed by atoms with E-state index in [1.165, 1.54) is 28.9 Å². The van der Waals surface area contributed by atoms with Crippen molar-refractivity contribution in [2.45, 2.75) is 13.8 Å². The molecule has 0 spiro atoms. The number of phenolic OH excluding ortho intramolecular Hbond substituents is 2. The molecule has 0 saturated carbocycles. The van der Waals surface area contributed by atoms with Gasteiger partial charge in [0.1, 0.15) is 0 Å². The summed E-state index contributed by atoms with van der Waals surface area (Å²) in [5.74, 6) is -0.809. The number of phenols is 2. The highest BCUT2D eigenvalue weighted by molar-refractivity contribution is 5.91. The van der Waals surface area contributed by atoms with Gasteiger partial charge in [-0.25, -0.2) is 14.9 Å². The van der Waals surface area contributed by atoms with Crippen molar-refractivity contribution in [3.63, 3.8) is 0 Å². The first-order valence-electron chi connectivity index (χ1n) is 7.00. The average Bonchev–Trinajstić information content (AvgIpc) is 2.95. The number of hydrazone groups is 1. The summed E-state index contributed by atoms with van der Waals surface area (Å²) < 4.78 is 1.48. The topological polar surface area (TPSA) is 125 Å². The van der Waals surface area contributed by atoms with Crippen molar-refractivity contribution in [1.82, 2.24) is 25.0 Å². The second-order valence-corrected chi connectivity index (χ2v) is 5.13. The number of rotatable bonds is 3. The Bertz CT molecular complexity index is 963. The molecule has 0 radical (unpaired) electrons. The number of amides is 1. The third-order valence-electron chi connectivity index (χ3n) is 3.20. The molecule has 9 heteroatoms. The third-order valence-corrected chi connectivity index (χ3v) is 3.20. The zero-order valence-electron chi connectivity index (χ0n) is 12.9. The summed E-state index contributed by atoms with van der Waals surface area (Å²) in [6, 6.07) is 5.99. The predicted octanol–water partition coefficient (Wildman–Crippen LogP) is 0.916. The van der Waals surface area contributed by atoms with Crippen molar-refractivity contribution in [3.8, 4) is 11.5 Å². The molecule has 2 heterocycles. The highest BCUT2D eigenvalue weighted by Crippen LogP contribution is 2.23. The molecule has 122 valence electrons. The molecule has 0 atom stereocenters. The lowest BCUT2D eigenvalue weighted by Gasteiger charge is -1.98. The van der Waals surface area contributed by atoms with E-state index in [0.29, 0.717) is 11.3 Å². The Hall–Kier alpha value is -3.49. The number of carbonyl (C=O) groups excluding carboxylic acids is 1. The van der Waals surface area contributed by atoms with Gasteiger partial charge >= 0.3 is 5.91 Å². The van der Waals surface area contributed by atoms with Crippen LogP contribution in [0.1, 0.15) is 27.6 Å². The van der Waals surface area contributed by atoms with E-state index in [1.807, 2.05) is 19.9 Å². The Balaban J connectivity index is 1.76. The second kappa shape index (κ2) is 5.95. The van der Waals surface area contributed by atoms with Crippen LogP contribution in [0.2, 0.25) is 0 Å². The van der Waals surface area contributed by atoms with E-state index in [2.05, 4.69) is 25.6 Å². The lowest BCUT2D eigenvalue weighted by atomic mass is 10.2. The number of carbonyl (C=O) groups is 1. The van der Waals surface area contributed by atoms with Gasteiger partial charge in [0.2, 0.25) is 5.82 Å². The average molecular weight is 326 g/mol. The smallest absolute Gasteiger partial charge is 0.311 e. The number of aromatic nitrogens is 4. The molecule has 2 aromatic heterocycles. The Morgan fingerprint density at radius 1 is 1.21 bits per heavy atom. The molecule has 0 aliphatic carbocycles. The van der Waals surface area contributed by atoms with E-state index in [4.69, 9.17) is 0 Å². The van der Waals surface area contributed by atoms with E-state index in [9.17, 15) is 15.0 Å². The molecule has 0 bridgehead atoms. The highest BCUT2D eigenvalue weighted by Gasteiger charge is 2.14. The highest BCUT2D eigenvalue weighted by atomic mass is 16.3. The van der Waals surface area contributed by atoms with E-state index < -0.39 is 5.91 Å². The Morgan fingerprint density at radius 2 is 2.00 bits per heavy atom. The molecule has 0 unspecified atom stereocenters. The number of benzene rings is 1. The third kappa shape index (κ3) is 3.00. The van der Waals surface area contributed by atoms with Crippen LogP contribution in [0.5, 0.6) is 11.5 Å². The fourth-order valence-electron chi connectivity index (χ4n) is 2.10. The summed E-state index contributed by atoms with van der Waals surface area (Å²) in [4.78, 5) is 20.3. The first kappa shape index (κ1) is 15.4. The predicted molar refractivity (Wildman–Crippen MR) is 85.1 cm³/mol.